The van der Waals surface area contributed by atoms with Crippen molar-refractivity contribution in [3.8, 4) is 0 Å². The van der Waals surface area contributed by atoms with Gasteiger partial charge < -0.3 is 4.74 Å². The minimum absolute atomic E-state index is 0.162. The van der Waals surface area contributed by atoms with Gasteiger partial charge in [-0.25, -0.2) is 9.79 Å². The van der Waals surface area contributed by atoms with Crippen molar-refractivity contribution in [1.29, 1.82) is 0 Å². The molecule has 0 saturated carbocycles. The van der Waals surface area contributed by atoms with Crippen molar-refractivity contribution in [2.75, 3.05) is 6.61 Å². The summed E-state index contributed by atoms with van der Waals surface area (Å²) in [6.45, 7) is 8.13. The quantitative estimate of drug-likeness (QED) is 0.558. The molecule has 0 amide bonds. The molecule has 2 aromatic carbocycles. The summed E-state index contributed by atoms with van der Waals surface area (Å²) in [5, 5.41) is 0. The fourth-order valence-corrected chi connectivity index (χ4v) is 4.92. The molecule has 0 saturated heterocycles. The van der Waals surface area contributed by atoms with Gasteiger partial charge in [0.25, 0.3) is 5.56 Å². The Kier molecular flexibility index (Phi) is 6.24. The zero-order valence-electron chi connectivity index (χ0n) is 18.7. The first kappa shape index (κ1) is 22.0. The van der Waals surface area contributed by atoms with Crippen molar-refractivity contribution < 1.29 is 9.53 Å². The molecule has 0 spiro atoms. The Morgan fingerprint density at radius 2 is 1.84 bits per heavy atom. The van der Waals surface area contributed by atoms with Gasteiger partial charge in [-0.1, -0.05) is 79.8 Å². The number of thiazole rings is 1. The second-order valence-electron chi connectivity index (χ2n) is 8.03. The highest BCUT2D eigenvalue weighted by Gasteiger charge is 2.33. The summed E-state index contributed by atoms with van der Waals surface area (Å²) < 4.78 is 7.52. The molecule has 0 fully saturated rings. The van der Waals surface area contributed by atoms with Crippen LogP contribution >= 0.6 is 11.3 Å². The molecule has 2 heterocycles. The number of carbonyl (C=O) groups excluding carboxylic acids is 1. The van der Waals surface area contributed by atoms with E-state index in [9.17, 15) is 9.59 Å². The number of hydrogen-bond acceptors (Lipinski definition) is 5. The van der Waals surface area contributed by atoms with Crippen LogP contribution in [0.15, 0.2) is 75.7 Å². The first-order valence-corrected chi connectivity index (χ1v) is 11.6. The molecule has 5 nitrogen and oxygen atoms in total. The fourth-order valence-electron chi connectivity index (χ4n) is 3.87. The number of ether oxygens (including phenoxy) is 1. The van der Waals surface area contributed by atoms with Crippen LogP contribution in [-0.2, 0) is 9.53 Å². The third-order valence-corrected chi connectivity index (χ3v) is 6.52. The van der Waals surface area contributed by atoms with Crippen LogP contribution in [0.25, 0.3) is 6.08 Å². The molecule has 4 rings (SSSR count). The first-order valence-electron chi connectivity index (χ1n) is 10.7. The molecule has 0 N–H and O–H groups in total. The average molecular weight is 447 g/mol. The summed E-state index contributed by atoms with van der Waals surface area (Å²) >= 11 is 1.34. The van der Waals surface area contributed by atoms with Gasteiger partial charge in [-0.3, -0.25) is 9.36 Å². The number of fused-ring (bicyclic) bond motifs is 1. The van der Waals surface area contributed by atoms with Crippen molar-refractivity contribution in [3.63, 3.8) is 0 Å². The van der Waals surface area contributed by atoms with E-state index in [1.54, 1.807) is 18.4 Å². The van der Waals surface area contributed by atoms with E-state index in [-0.39, 0.29) is 12.2 Å². The first-order chi connectivity index (χ1) is 15.4. The third-order valence-electron chi connectivity index (χ3n) is 5.53. The zero-order valence-corrected chi connectivity index (χ0v) is 19.5. The van der Waals surface area contributed by atoms with Gasteiger partial charge in [0.1, 0.15) is 0 Å². The van der Waals surface area contributed by atoms with Gasteiger partial charge in [0, 0.05) is 0 Å². The largest absolute Gasteiger partial charge is 0.463 e. The Balaban J connectivity index is 1.89. The number of rotatable bonds is 5. The second-order valence-corrected chi connectivity index (χ2v) is 9.04. The van der Waals surface area contributed by atoms with Crippen LogP contribution in [0.2, 0.25) is 0 Å². The number of hydrogen-bond donors (Lipinski definition) is 0. The maximum Gasteiger partial charge on any atom is 0.338 e. The molecule has 0 aliphatic carbocycles. The highest BCUT2D eigenvalue weighted by molar-refractivity contribution is 7.07. The molecule has 0 radical (unpaired) electrons. The number of aromatic nitrogens is 1. The van der Waals surface area contributed by atoms with Gasteiger partial charge in [0.05, 0.1) is 28.5 Å². The number of allylic oxidation sites excluding steroid dienone is 1. The van der Waals surface area contributed by atoms with Crippen molar-refractivity contribution in [2.24, 2.45) is 4.99 Å². The monoisotopic (exact) mass is 446 g/mol. The van der Waals surface area contributed by atoms with Gasteiger partial charge in [-0.2, -0.15) is 0 Å². The molecule has 1 atom stereocenters. The number of nitrogens with zero attached hydrogens (tertiary/aromatic N) is 2. The lowest BCUT2D eigenvalue weighted by Gasteiger charge is -2.24. The predicted molar refractivity (Wildman–Crippen MR) is 127 cm³/mol. The van der Waals surface area contributed by atoms with Gasteiger partial charge >= 0.3 is 5.97 Å². The molecular formula is C26H26N2O3S. The van der Waals surface area contributed by atoms with Crippen LogP contribution < -0.4 is 14.9 Å². The topological polar surface area (TPSA) is 60.7 Å². The highest BCUT2D eigenvalue weighted by atomic mass is 32.1. The lowest BCUT2D eigenvalue weighted by molar-refractivity contribution is -0.139. The second kappa shape index (κ2) is 9.09. The molecule has 32 heavy (non-hydrogen) atoms. The van der Waals surface area contributed by atoms with Crippen LogP contribution in [-0.4, -0.2) is 17.1 Å². The average Bonchev–Trinajstić information content (AvgIpc) is 3.08. The van der Waals surface area contributed by atoms with Crippen LogP contribution in [0.4, 0.5) is 0 Å². The van der Waals surface area contributed by atoms with Gasteiger partial charge in [0.15, 0.2) is 4.80 Å². The lowest BCUT2D eigenvalue weighted by atomic mass is 9.96. The SMILES string of the molecule is CCOC(=O)C1=C(C)N=c2s/c(=C/c3ccc(C(C)C)cc3)c(=O)n2[C@@H]1c1ccccc1. The minimum Gasteiger partial charge on any atom is -0.463 e. The predicted octanol–water partition coefficient (Wildman–Crippen LogP) is 3.92. The maximum atomic E-state index is 13.5. The van der Waals surface area contributed by atoms with Crippen LogP contribution in [0.1, 0.15) is 56.3 Å². The normalized spacial score (nSPS) is 16.2. The van der Waals surface area contributed by atoms with E-state index in [1.165, 1.54) is 16.9 Å². The molecule has 0 bridgehead atoms. The van der Waals surface area contributed by atoms with Crippen molar-refractivity contribution >= 4 is 23.4 Å². The Bertz CT molecular complexity index is 1350. The van der Waals surface area contributed by atoms with Gasteiger partial charge in [-0.15, -0.1) is 0 Å². The molecule has 6 heteroatoms. The molecule has 1 aliphatic rings. The summed E-state index contributed by atoms with van der Waals surface area (Å²) in [5.74, 6) is 0.00524. The molecule has 0 unspecified atom stereocenters. The number of benzene rings is 2. The van der Waals surface area contributed by atoms with Crippen molar-refractivity contribution in [2.45, 2.75) is 39.7 Å². The zero-order chi connectivity index (χ0) is 22.8. The van der Waals surface area contributed by atoms with E-state index >= 15 is 0 Å². The standard InChI is InChI=1S/C26H26N2O3S/c1-5-31-25(30)22-17(4)27-26-28(23(22)20-9-7-6-8-10-20)24(29)21(32-26)15-18-11-13-19(14-12-18)16(2)3/h6-16,23H,5H2,1-4H3/b21-15+/t23-/m1/s1. The minimum atomic E-state index is -0.572. The smallest absolute Gasteiger partial charge is 0.338 e. The Hall–Kier alpha value is -3.25. The van der Waals surface area contributed by atoms with Crippen molar-refractivity contribution in [3.05, 3.63) is 102 Å². The van der Waals surface area contributed by atoms with Gasteiger partial charge in [0.2, 0.25) is 0 Å². The summed E-state index contributed by atoms with van der Waals surface area (Å²) in [4.78, 5) is 31.5. The molecule has 3 aromatic rings. The van der Waals surface area contributed by atoms with Crippen LogP contribution in [0.5, 0.6) is 0 Å². The fraction of sp³-hybridized carbons (Fsp3) is 0.269. The van der Waals surface area contributed by atoms with Crippen LogP contribution in [0.3, 0.4) is 0 Å². The van der Waals surface area contributed by atoms with Crippen molar-refractivity contribution in [1.82, 2.24) is 4.57 Å². The van der Waals surface area contributed by atoms with E-state index in [2.05, 4.69) is 31.0 Å². The Morgan fingerprint density at radius 3 is 2.47 bits per heavy atom. The summed E-state index contributed by atoms with van der Waals surface area (Å²) in [7, 11) is 0. The Labute approximate surface area is 191 Å². The number of esters is 1. The maximum absolute atomic E-state index is 13.5. The molecule has 164 valence electrons. The molecule has 1 aliphatic heterocycles. The van der Waals surface area contributed by atoms with Crippen LogP contribution in [0, 0.1) is 0 Å². The lowest BCUT2D eigenvalue weighted by Crippen LogP contribution is -2.39. The summed E-state index contributed by atoms with van der Waals surface area (Å²) in [5.41, 5.74) is 3.87. The van der Waals surface area contributed by atoms with E-state index in [4.69, 9.17) is 4.74 Å². The summed E-state index contributed by atoms with van der Waals surface area (Å²) in [6.07, 6.45) is 1.89. The highest BCUT2D eigenvalue weighted by Crippen LogP contribution is 2.30. The van der Waals surface area contributed by atoms with Gasteiger partial charge in [-0.05, 0) is 42.5 Å². The van der Waals surface area contributed by atoms with E-state index < -0.39 is 12.0 Å². The van der Waals surface area contributed by atoms with E-state index in [0.717, 1.165) is 11.1 Å². The molecular weight excluding hydrogens is 420 g/mol. The van der Waals surface area contributed by atoms with E-state index in [1.807, 2.05) is 48.5 Å². The Morgan fingerprint density at radius 1 is 1.16 bits per heavy atom. The third kappa shape index (κ3) is 4.10. The molecule has 1 aromatic heterocycles. The number of carbonyl (C=O) groups is 1. The summed E-state index contributed by atoms with van der Waals surface area (Å²) in [6, 6.07) is 17.2. The van der Waals surface area contributed by atoms with E-state index in [0.29, 0.717) is 26.5 Å².